The number of alkyl halides is 3. The maximum absolute atomic E-state index is 10.5. The van der Waals surface area contributed by atoms with E-state index in [4.69, 9.17) is 0 Å². The van der Waals surface area contributed by atoms with Gasteiger partial charge in [-0.2, -0.15) is 0 Å². The summed E-state index contributed by atoms with van der Waals surface area (Å²) in [4.78, 5) is 0. The van der Waals surface area contributed by atoms with E-state index in [2.05, 4.69) is 11.8 Å². The second-order valence-corrected chi connectivity index (χ2v) is 0.590. The summed E-state index contributed by atoms with van der Waals surface area (Å²) in [5, 5.41) is 0. The molecule has 0 N–H and O–H groups in total. The molecule has 0 aliphatic carbocycles. The standard InChI is InChI=1S/C2H2F3O.Zn/c1-6-2(3,4)5;/h1H2;. The quantitative estimate of drug-likeness (QED) is 0.491. The van der Waals surface area contributed by atoms with Crippen molar-refractivity contribution in [1.29, 1.82) is 0 Å². The SMILES string of the molecule is [CH2]OC(F)(F)F.[Zn]. The third kappa shape index (κ3) is 10.7. The Kier molecular flexibility index (Phi) is 5.02. The molecule has 0 saturated carbocycles. The van der Waals surface area contributed by atoms with Crippen molar-refractivity contribution >= 4 is 0 Å². The number of ether oxygens (including phenoxy) is 1. The van der Waals surface area contributed by atoms with Crippen molar-refractivity contribution in [2.24, 2.45) is 0 Å². The van der Waals surface area contributed by atoms with Crippen LogP contribution in [0.1, 0.15) is 0 Å². The first kappa shape index (κ1) is 10.4. The Labute approximate surface area is 51.6 Å². The van der Waals surface area contributed by atoms with Crippen LogP contribution in [0.4, 0.5) is 13.2 Å². The van der Waals surface area contributed by atoms with Crippen molar-refractivity contribution in [3.8, 4) is 0 Å². The summed E-state index contributed by atoms with van der Waals surface area (Å²) >= 11 is 0. The van der Waals surface area contributed by atoms with E-state index >= 15 is 0 Å². The van der Waals surface area contributed by atoms with Gasteiger partial charge in [-0.15, -0.1) is 13.2 Å². The van der Waals surface area contributed by atoms with Crippen molar-refractivity contribution < 1.29 is 37.4 Å². The summed E-state index contributed by atoms with van der Waals surface area (Å²) < 4.78 is 34.2. The summed E-state index contributed by atoms with van der Waals surface area (Å²) in [6.45, 7) is 0. The summed E-state index contributed by atoms with van der Waals surface area (Å²) in [5.41, 5.74) is 0. The predicted octanol–water partition coefficient (Wildman–Crippen LogP) is 1.31. The summed E-state index contributed by atoms with van der Waals surface area (Å²) in [6.07, 6.45) is -4.57. The molecule has 1 radical (unpaired) electrons. The third-order valence-electron chi connectivity index (χ3n) is 0.164. The van der Waals surface area contributed by atoms with Crippen LogP contribution in [0.15, 0.2) is 0 Å². The number of hydrogen-bond donors (Lipinski definition) is 0. The molecule has 0 amide bonds. The van der Waals surface area contributed by atoms with Crippen LogP contribution in [0.2, 0.25) is 0 Å². The van der Waals surface area contributed by atoms with Gasteiger partial charge in [-0.25, -0.2) is 0 Å². The molecule has 0 aliphatic rings. The monoisotopic (exact) mass is 163 g/mol. The van der Waals surface area contributed by atoms with Crippen LogP contribution in [-0.4, -0.2) is 6.36 Å². The minimum absolute atomic E-state index is 0. The average molecular weight is 164 g/mol. The molecule has 5 heteroatoms. The normalized spacial score (nSPS) is 10.3. The zero-order valence-corrected chi connectivity index (χ0v) is 6.42. The van der Waals surface area contributed by atoms with Gasteiger partial charge < -0.3 is 0 Å². The van der Waals surface area contributed by atoms with Crippen LogP contribution in [0.25, 0.3) is 0 Å². The molecular formula is C2H2F3OZn. The van der Waals surface area contributed by atoms with E-state index in [1.807, 2.05) is 0 Å². The molecule has 0 aromatic carbocycles. The van der Waals surface area contributed by atoms with Crippen LogP contribution in [0.5, 0.6) is 0 Å². The molecule has 0 aromatic rings. The molecule has 0 atom stereocenters. The fourth-order valence-electron chi connectivity index (χ4n) is 0. The van der Waals surface area contributed by atoms with Crippen LogP contribution in [-0.2, 0) is 24.2 Å². The Bertz CT molecular complexity index is 42.7. The Balaban J connectivity index is 0. The molecule has 0 bridgehead atoms. The van der Waals surface area contributed by atoms with Crippen molar-refractivity contribution in [2.45, 2.75) is 6.36 Å². The fraction of sp³-hybridized carbons (Fsp3) is 0.500. The zero-order valence-electron chi connectivity index (χ0n) is 3.46. The molecule has 39 valence electrons. The first-order valence-corrected chi connectivity index (χ1v) is 1.06. The van der Waals surface area contributed by atoms with Gasteiger partial charge in [0.15, 0.2) is 0 Å². The first-order chi connectivity index (χ1) is 2.56. The van der Waals surface area contributed by atoms with Gasteiger partial charge >= 0.3 is 6.36 Å². The Morgan fingerprint density at radius 2 is 1.43 bits per heavy atom. The number of halogens is 3. The smallest absolute Gasteiger partial charge is 0.289 e. The van der Waals surface area contributed by atoms with E-state index < -0.39 is 6.36 Å². The van der Waals surface area contributed by atoms with Gasteiger partial charge in [0.05, 0.1) is 7.11 Å². The largest absolute Gasteiger partial charge is 0.522 e. The van der Waals surface area contributed by atoms with Crippen LogP contribution in [0.3, 0.4) is 0 Å². The summed E-state index contributed by atoms with van der Waals surface area (Å²) in [7, 11) is 2.13. The van der Waals surface area contributed by atoms with Gasteiger partial charge in [-0.3, -0.25) is 4.74 Å². The molecule has 0 aliphatic heterocycles. The fourth-order valence-corrected chi connectivity index (χ4v) is 0. The second-order valence-electron chi connectivity index (χ2n) is 0.590. The van der Waals surface area contributed by atoms with E-state index in [1.54, 1.807) is 0 Å². The molecule has 0 saturated heterocycles. The Morgan fingerprint density at radius 1 is 1.29 bits per heavy atom. The van der Waals surface area contributed by atoms with E-state index in [-0.39, 0.29) is 19.5 Å². The molecule has 0 aromatic heterocycles. The van der Waals surface area contributed by atoms with Crippen LogP contribution < -0.4 is 0 Å². The summed E-state index contributed by atoms with van der Waals surface area (Å²) in [6, 6.07) is 0. The van der Waals surface area contributed by atoms with Gasteiger partial charge in [0.25, 0.3) is 0 Å². The number of rotatable bonds is 0. The third-order valence-corrected chi connectivity index (χ3v) is 0.164. The maximum Gasteiger partial charge on any atom is 0.522 e. The van der Waals surface area contributed by atoms with Gasteiger partial charge in [-0.1, -0.05) is 0 Å². The molecule has 0 rings (SSSR count). The van der Waals surface area contributed by atoms with Crippen molar-refractivity contribution in [3.63, 3.8) is 0 Å². The molecule has 0 fully saturated rings. The Morgan fingerprint density at radius 3 is 1.43 bits per heavy atom. The Hall–Kier alpha value is 0.373. The van der Waals surface area contributed by atoms with E-state index in [0.717, 1.165) is 0 Å². The van der Waals surface area contributed by atoms with Crippen molar-refractivity contribution in [2.75, 3.05) is 0 Å². The van der Waals surface area contributed by atoms with Crippen molar-refractivity contribution in [3.05, 3.63) is 7.11 Å². The molecule has 0 unspecified atom stereocenters. The van der Waals surface area contributed by atoms with E-state index in [0.29, 0.717) is 0 Å². The molecule has 7 heavy (non-hydrogen) atoms. The summed E-state index contributed by atoms with van der Waals surface area (Å²) in [5.74, 6) is 0. The minimum atomic E-state index is -4.57. The average Bonchev–Trinajstić information content (AvgIpc) is 1.35. The van der Waals surface area contributed by atoms with E-state index in [9.17, 15) is 13.2 Å². The number of hydrogen-bond acceptors (Lipinski definition) is 1. The van der Waals surface area contributed by atoms with Gasteiger partial charge in [-0.05, 0) is 0 Å². The van der Waals surface area contributed by atoms with Crippen LogP contribution in [0, 0.1) is 7.11 Å². The maximum atomic E-state index is 10.5. The minimum Gasteiger partial charge on any atom is -0.289 e. The molecule has 0 heterocycles. The van der Waals surface area contributed by atoms with Gasteiger partial charge in [0, 0.05) is 19.5 Å². The molecular weight excluding hydrogens is 162 g/mol. The van der Waals surface area contributed by atoms with Crippen molar-refractivity contribution in [1.82, 2.24) is 0 Å². The topological polar surface area (TPSA) is 9.23 Å². The zero-order chi connectivity index (χ0) is 5.21. The molecule has 1 nitrogen and oxygen atoms in total. The molecule has 0 spiro atoms. The van der Waals surface area contributed by atoms with Crippen LogP contribution >= 0.6 is 0 Å². The predicted molar refractivity (Wildman–Crippen MR) is 12.5 cm³/mol. The van der Waals surface area contributed by atoms with Gasteiger partial charge in [0.1, 0.15) is 0 Å². The first-order valence-electron chi connectivity index (χ1n) is 1.06. The second kappa shape index (κ2) is 3.38. The van der Waals surface area contributed by atoms with Gasteiger partial charge in [0.2, 0.25) is 0 Å². The van der Waals surface area contributed by atoms with E-state index in [1.165, 1.54) is 0 Å².